The Bertz CT molecular complexity index is 1780. The monoisotopic (exact) mass is 642 g/mol. The number of H-pyrrole nitrogens is 1. The van der Waals surface area contributed by atoms with E-state index in [4.69, 9.17) is 38.8 Å². The summed E-state index contributed by atoms with van der Waals surface area (Å²) in [6, 6.07) is 12.8. The maximum absolute atomic E-state index is 13.7. The zero-order chi connectivity index (χ0) is 30.3. The molecule has 10 nitrogen and oxygen atoms in total. The summed E-state index contributed by atoms with van der Waals surface area (Å²) in [6.07, 6.45) is 1.53. The number of benzene rings is 3. The molecule has 3 heterocycles. The highest BCUT2D eigenvalue weighted by Crippen LogP contribution is 2.43. The molecule has 0 aliphatic carbocycles. The van der Waals surface area contributed by atoms with Crippen molar-refractivity contribution in [1.29, 1.82) is 0 Å². The Labute approximate surface area is 260 Å². The third-order valence-corrected chi connectivity index (χ3v) is 10.3. The average molecular weight is 644 g/mol. The number of rotatable bonds is 7. The number of primary amides is 1. The normalized spacial score (nSPS) is 17.0. The molecule has 226 valence electrons. The number of nitrogens with zero attached hydrogens (tertiary/aromatic N) is 3. The molecule has 2 aliphatic heterocycles. The van der Waals surface area contributed by atoms with Gasteiger partial charge in [-0.25, -0.2) is 8.42 Å². The van der Waals surface area contributed by atoms with Crippen LogP contribution in [0.15, 0.2) is 58.3 Å². The Balaban J connectivity index is 1.56. The van der Waals surface area contributed by atoms with Crippen LogP contribution < -0.4 is 16.0 Å². The standard InChI is InChI=1S/C30H32Cl2N6O4S/c1-37-8-10-38(11-9-37)26-5-3-23(30(33)39)28(34-20-6-12-42-13-7-20)27(26)29-24-17-21(2-4-25(24)35-36-29)43(40,41)22-15-18(31)14-19(32)16-22/h2-5,14-17,20,34H,6-13H2,1H3,(H2,33,39)(H,35,36). The van der Waals surface area contributed by atoms with E-state index in [2.05, 4.69) is 27.3 Å². The fourth-order valence-corrected chi connectivity index (χ4v) is 7.73. The topological polar surface area (TPSA) is 134 Å². The number of fused-ring (bicyclic) bond motifs is 1. The summed E-state index contributed by atoms with van der Waals surface area (Å²) in [5.74, 6) is -0.568. The number of hydrogen-bond acceptors (Lipinski definition) is 8. The van der Waals surface area contributed by atoms with Gasteiger partial charge in [0.15, 0.2) is 0 Å². The summed E-state index contributed by atoms with van der Waals surface area (Å²) in [5.41, 5.74) is 9.58. The van der Waals surface area contributed by atoms with Gasteiger partial charge in [-0.1, -0.05) is 23.2 Å². The van der Waals surface area contributed by atoms with Gasteiger partial charge in [0.2, 0.25) is 9.84 Å². The van der Waals surface area contributed by atoms with Crippen LogP contribution in [0.1, 0.15) is 23.2 Å². The minimum absolute atomic E-state index is 0.00915. The molecule has 3 aromatic carbocycles. The van der Waals surface area contributed by atoms with Crippen molar-refractivity contribution >= 4 is 61.2 Å². The molecule has 4 aromatic rings. The molecule has 0 saturated carbocycles. The molecule has 4 N–H and O–H groups in total. The Morgan fingerprint density at radius 1 is 1.00 bits per heavy atom. The highest BCUT2D eigenvalue weighted by molar-refractivity contribution is 7.91. The molecule has 1 aromatic heterocycles. The number of carbonyl (C=O) groups is 1. The maximum atomic E-state index is 13.7. The van der Waals surface area contributed by atoms with Gasteiger partial charge in [0.1, 0.15) is 5.69 Å². The molecular weight excluding hydrogens is 611 g/mol. The van der Waals surface area contributed by atoms with Crippen LogP contribution >= 0.6 is 23.2 Å². The van der Waals surface area contributed by atoms with Gasteiger partial charge in [-0.3, -0.25) is 9.89 Å². The number of piperazine rings is 1. The molecule has 6 rings (SSSR count). The van der Waals surface area contributed by atoms with Crippen molar-refractivity contribution in [2.24, 2.45) is 5.73 Å². The summed E-state index contributed by atoms with van der Waals surface area (Å²) in [7, 11) is -1.89. The average Bonchev–Trinajstić information content (AvgIpc) is 3.40. The number of nitrogens with two attached hydrogens (primary N) is 1. The first-order valence-electron chi connectivity index (χ1n) is 14.1. The van der Waals surface area contributed by atoms with Crippen molar-refractivity contribution in [1.82, 2.24) is 15.1 Å². The number of hydrogen-bond donors (Lipinski definition) is 3. The molecule has 2 saturated heterocycles. The largest absolute Gasteiger partial charge is 0.381 e. The van der Waals surface area contributed by atoms with E-state index in [0.717, 1.165) is 44.7 Å². The van der Waals surface area contributed by atoms with Crippen LogP contribution in [0.2, 0.25) is 10.0 Å². The van der Waals surface area contributed by atoms with Gasteiger partial charge in [-0.2, -0.15) is 5.10 Å². The quantitative estimate of drug-likeness (QED) is 0.261. The number of anilines is 2. The van der Waals surface area contributed by atoms with Gasteiger partial charge in [-0.15, -0.1) is 0 Å². The van der Waals surface area contributed by atoms with E-state index in [1.807, 2.05) is 6.07 Å². The SMILES string of the molecule is CN1CCN(c2ccc(C(N)=O)c(NC3CCOCC3)c2-c2n[nH]c3ccc(S(=O)(=O)c4cc(Cl)cc(Cl)c4)cc23)CC1. The minimum Gasteiger partial charge on any atom is -0.381 e. The van der Waals surface area contributed by atoms with E-state index in [0.29, 0.717) is 46.6 Å². The van der Waals surface area contributed by atoms with Crippen molar-refractivity contribution in [3.63, 3.8) is 0 Å². The van der Waals surface area contributed by atoms with Gasteiger partial charge in [-0.05, 0) is 68.4 Å². The number of likely N-dealkylation sites (N-methyl/N-ethyl adjacent to an activating group) is 1. The Morgan fingerprint density at radius 2 is 1.70 bits per heavy atom. The van der Waals surface area contributed by atoms with Crippen molar-refractivity contribution in [3.05, 3.63) is 64.1 Å². The van der Waals surface area contributed by atoms with Gasteiger partial charge < -0.3 is 25.6 Å². The third-order valence-electron chi connectivity index (χ3n) is 8.09. The van der Waals surface area contributed by atoms with E-state index in [-0.39, 0.29) is 25.9 Å². The first-order valence-corrected chi connectivity index (χ1v) is 16.3. The van der Waals surface area contributed by atoms with Gasteiger partial charge in [0.05, 0.1) is 32.1 Å². The second-order valence-electron chi connectivity index (χ2n) is 11.0. The lowest BCUT2D eigenvalue weighted by atomic mass is 9.96. The molecule has 0 radical (unpaired) electrons. The summed E-state index contributed by atoms with van der Waals surface area (Å²) in [4.78, 5) is 17.4. The van der Waals surface area contributed by atoms with Gasteiger partial charge in [0, 0.05) is 66.6 Å². The molecule has 43 heavy (non-hydrogen) atoms. The molecule has 0 unspecified atom stereocenters. The molecule has 13 heteroatoms. The number of aromatic amines is 1. The Morgan fingerprint density at radius 3 is 2.37 bits per heavy atom. The Hall–Kier alpha value is -3.35. The van der Waals surface area contributed by atoms with E-state index in [1.54, 1.807) is 18.2 Å². The Kier molecular flexibility index (Phi) is 8.27. The van der Waals surface area contributed by atoms with Crippen molar-refractivity contribution in [2.45, 2.75) is 28.7 Å². The number of sulfone groups is 1. The number of amides is 1. The molecule has 0 spiro atoms. The van der Waals surface area contributed by atoms with Gasteiger partial charge >= 0.3 is 0 Å². The smallest absolute Gasteiger partial charge is 0.250 e. The van der Waals surface area contributed by atoms with E-state index < -0.39 is 15.7 Å². The first kappa shape index (κ1) is 29.7. The second-order valence-corrected chi connectivity index (χ2v) is 13.8. The van der Waals surface area contributed by atoms with Crippen LogP contribution in [-0.4, -0.2) is 81.9 Å². The zero-order valence-electron chi connectivity index (χ0n) is 23.6. The predicted octanol–water partition coefficient (Wildman–Crippen LogP) is 4.81. The molecular formula is C30H32Cl2N6O4S. The summed E-state index contributed by atoms with van der Waals surface area (Å²) >= 11 is 12.3. The number of nitrogens with one attached hydrogen (secondary N) is 2. The summed E-state index contributed by atoms with van der Waals surface area (Å²) in [6.45, 7) is 4.49. The lowest BCUT2D eigenvalue weighted by Gasteiger charge is -2.36. The van der Waals surface area contributed by atoms with Crippen molar-refractivity contribution in [2.75, 3.05) is 56.7 Å². The number of halogens is 2. The number of ether oxygens (including phenoxy) is 1. The molecule has 2 aliphatic rings. The molecule has 0 bridgehead atoms. The van der Waals surface area contributed by atoms with Gasteiger partial charge in [0.25, 0.3) is 5.91 Å². The van der Waals surface area contributed by atoms with Crippen LogP contribution in [0.25, 0.3) is 22.2 Å². The predicted molar refractivity (Wildman–Crippen MR) is 169 cm³/mol. The first-order chi connectivity index (χ1) is 20.6. The summed E-state index contributed by atoms with van der Waals surface area (Å²) in [5, 5.41) is 12.4. The maximum Gasteiger partial charge on any atom is 0.250 e. The van der Waals surface area contributed by atoms with E-state index in [9.17, 15) is 13.2 Å². The van der Waals surface area contributed by atoms with Crippen LogP contribution in [0.3, 0.4) is 0 Å². The van der Waals surface area contributed by atoms with Crippen molar-refractivity contribution < 1.29 is 17.9 Å². The minimum atomic E-state index is -3.97. The number of aromatic nitrogens is 2. The highest BCUT2D eigenvalue weighted by Gasteiger charge is 2.29. The fourth-order valence-electron chi connectivity index (χ4n) is 5.71. The lowest BCUT2D eigenvalue weighted by molar-refractivity contribution is 0.0904. The van der Waals surface area contributed by atoms with E-state index in [1.165, 1.54) is 24.3 Å². The highest BCUT2D eigenvalue weighted by atomic mass is 35.5. The molecule has 2 fully saturated rings. The fraction of sp³-hybridized carbons (Fsp3) is 0.333. The van der Waals surface area contributed by atoms with Crippen LogP contribution in [0, 0.1) is 0 Å². The van der Waals surface area contributed by atoms with Crippen molar-refractivity contribution in [3.8, 4) is 11.3 Å². The van der Waals surface area contributed by atoms with Crippen LogP contribution in [0.4, 0.5) is 11.4 Å². The van der Waals surface area contributed by atoms with E-state index >= 15 is 0 Å². The second kappa shape index (κ2) is 12.0. The molecule has 0 atom stereocenters. The molecule has 1 amide bonds. The van der Waals surface area contributed by atoms with Crippen LogP contribution in [0.5, 0.6) is 0 Å². The zero-order valence-corrected chi connectivity index (χ0v) is 25.9. The third kappa shape index (κ3) is 5.92. The number of carbonyl (C=O) groups excluding carboxylic acids is 1. The summed E-state index contributed by atoms with van der Waals surface area (Å²) < 4.78 is 33.0. The van der Waals surface area contributed by atoms with Crippen LogP contribution in [-0.2, 0) is 14.6 Å². The lowest BCUT2D eigenvalue weighted by Crippen LogP contribution is -2.44.